The number of ether oxygens (including phenoxy) is 1. The van der Waals surface area contributed by atoms with Crippen LogP contribution in [0.3, 0.4) is 0 Å². The maximum atomic E-state index is 12.6. The zero-order valence-electron chi connectivity index (χ0n) is 10.1. The Labute approximate surface area is 114 Å². The van der Waals surface area contributed by atoms with Crippen LogP contribution >= 0.6 is 11.6 Å². The van der Waals surface area contributed by atoms with E-state index in [9.17, 15) is 13.6 Å². The van der Waals surface area contributed by atoms with E-state index >= 15 is 0 Å². The summed E-state index contributed by atoms with van der Waals surface area (Å²) in [5.41, 5.74) is -0.224. The molecule has 0 aliphatic heterocycles. The van der Waals surface area contributed by atoms with Gasteiger partial charge in [-0.2, -0.15) is 5.26 Å². The Morgan fingerprint density at radius 3 is 2.79 bits per heavy atom. The highest BCUT2D eigenvalue weighted by molar-refractivity contribution is 6.17. The summed E-state index contributed by atoms with van der Waals surface area (Å²) in [6, 6.07) is 2.74. The van der Waals surface area contributed by atoms with Gasteiger partial charge < -0.3 is 4.74 Å². The molecule has 0 saturated carbocycles. The molecule has 0 atom stereocenters. The zero-order chi connectivity index (χ0) is 14.4. The highest BCUT2D eigenvalue weighted by Gasteiger charge is 2.19. The second kappa shape index (κ2) is 7.00. The minimum Gasteiger partial charge on any atom is -0.466 e. The maximum Gasteiger partial charge on any atom is 0.310 e. The van der Waals surface area contributed by atoms with E-state index in [1.54, 1.807) is 13.0 Å². The molecule has 1 heterocycles. The van der Waals surface area contributed by atoms with Crippen LogP contribution in [0.4, 0.5) is 8.78 Å². The van der Waals surface area contributed by atoms with Gasteiger partial charge in [-0.15, -0.1) is 11.6 Å². The molecule has 0 aliphatic rings. The Kier molecular flexibility index (Phi) is 5.64. The first-order valence-electron chi connectivity index (χ1n) is 5.46. The molecular weight excluding hydrogens is 278 g/mol. The number of halogens is 3. The molecule has 1 rings (SSSR count). The highest BCUT2D eigenvalue weighted by atomic mass is 35.5. The van der Waals surface area contributed by atoms with E-state index in [-0.39, 0.29) is 35.7 Å². The predicted molar refractivity (Wildman–Crippen MR) is 63.8 cm³/mol. The number of rotatable bonds is 5. The molecule has 0 bridgehead atoms. The van der Waals surface area contributed by atoms with E-state index in [2.05, 4.69) is 4.98 Å². The van der Waals surface area contributed by atoms with Crippen LogP contribution in [0.15, 0.2) is 6.07 Å². The molecule has 0 N–H and O–H groups in total. The molecule has 0 unspecified atom stereocenters. The van der Waals surface area contributed by atoms with Crippen molar-refractivity contribution in [1.29, 1.82) is 5.26 Å². The van der Waals surface area contributed by atoms with E-state index < -0.39 is 18.1 Å². The van der Waals surface area contributed by atoms with E-state index in [0.717, 1.165) is 6.07 Å². The Balaban J connectivity index is 3.22. The van der Waals surface area contributed by atoms with Crippen molar-refractivity contribution < 1.29 is 18.3 Å². The van der Waals surface area contributed by atoms with E-state index in [1.165, 1.54) is 0 Å². The Hall–Kier alpha value is -1.74. The second-order valence-electron chi connectivity index (χ2n) is 3.55. The van der Waals surface area contributed by atoms with Gasteiger partial charge in [0.2, 0.25) is 0 Å². The van der Waals surface area contributed by atoms with Crippen molar-refractivity contribution in [2.24, 2.45) is 0 Å². The molecule has 19 heavy (non-hydrogen) atoms. The molecule has 0 aromatic carbocycles. The number of nitriles is 1. The third-order valence-electron chi connectivity index (χ3n) is 2.33. The molecule has 0 amide bonds. The van der Waals surface area contributed by atoms with Crippen molar-refractivity contribution in [1.82, 2.24) is 4.98 Å². The fraction of sp³-hybridized carbons (Fsp3) is 0.417. The molecule has 0 fully saturated rings. The predicted octanol–water partition coefficient (Wildman–Crippen LogP) is 2.74. The third kappa shape index (κ3) is 3.86. The lowest BCUT2D eigenvalue weighted by molar-refractivity contribution is -0.142. The molecule has 0 saturated heterocycles. The summed E-state index contributed by atoms with van der Waals surface area (Å²) in [6.07, 6.45) is -3.01. The lowest BCUT2D eigenvalue weighted by Crippen LogP contribution is -2.12. The summed E-state index contributed by atoms with van der Waals surface area (Å²) in [5.74, 6) is -0.721. The molecule has 0 spiro atoms. The molecule has 0 aliphatic carbocycles. The van der Waals surface area contributed by atoms with Crippen LogP contribution in [-0.4, -0.2) is 17.6 Å². The van der Waals surface area contributed by atoms with Gasteiger partial charge in [0.25, 0.3) is 6.43 Å². The van der Waals surface area contributed by atoms with Gasteiger partial charge >= 0.3 is 5.97 Å². The van der Waals surface area contributed by atoms with Crippen molar-refractivity contribution in [3.05, 3.63) is 28.6 Å². The summed E-state index contributed by atoms with van der Waals surface area (Å²) in [4.78, 5) is 15.1. The minimum atomic E-state index is -2.80. The monoisotopic (exact) mass is 288 g/mol. The van der Waals surface area contributed by atoms with Crippen LogP contribution in [0, 0.1) is 11.3 Å². The first-order valence-corrected chi connectivity index (χ1v) is 5.99. The fourth-order valence-electron chi connectivity index (χ4n) is 1.52. The molecule has 1 aromatic rings. The summed E-state index contributed by atoms with van der Waals surface area (Å²) in [5, 5.41) is 8.97. The molecule has 1 aromatic heterocycles. The minimum absolute atomic E-state index is 0.0333. The van der Waals surface area contributed by atoms with E-state index in [0.29, 0.717) is 0 Å². The van der Waals surface area contributed by atoms with Crippen LogP contribution in [0.1, 0.15) is 35.9 Å². The van der Waals surface area contributed by atoms with Gasteiger partial charge in [0.1, 0.15) is 5.69 Å². The van der Waals surface area contributed by atoms with Crippen molar-refractivity contribution in [3.8, 4) is 6.07 Å². The number of pyridine rings is 1. The van der Waals surface area contributed by atoms with Crippen LogP contribution in [0.2, 0.25) is 0 Å². The van der Waals surface area contributed by atoms with Gasteiger partial charge in [-0.1, -0.05) is 0 Å². The molecule has 102 valence electrons. The SMILES string of the molecule is CCOC(=O)Cc1c(C#N)cc(C(F)F)nc1CCl. The Morgan fingerprint density at radius 2 is 2.32 bits per heavy atom. The lowest BCUT2D eigenvalue weighted by Gasteiger charge is -2.10. The van der Waals surface area contributed by atoms with Crippen LogP contribution in [0.25, 0.3) is 0 Å². The molecule has 0 radical (unpaired) electrons. The average molecular weight is 289 g/mol. The standard InChI is InChI=1S/C12H11ClF2N2O2/c1-2-19-11(18)4-8-7(6-16)3-9(12(14)15)17-10(8)5-13/h3,12H,2,4-5H2,1H3. The number of nitrogens with zero attached hydrogens (tertiary/aromatic N) is 2. The summed E-state index contributed by atoms with van der Waals surface area (Å²) in [7, 11) is 0. The highest BCUT2D eigenvalue weighted by Crippen LogP contribution is 2.23. The summed E-state index contributed by atoms with van der Waals surface area (Å²) < 4.78 is 30.0. The average Bonchev–Trinajstić information content (AvgIpc) is 2.38. The van der Waals surface area contributed by atoms with Gasteiger partial charge in [-0.3, -0.25) is 9.78 Å². The number of carbonyl (C=O) groups is 1. The number of aromatic nitrogens is 1. The van der Waals surface area contributed by atoms with Crippen molar-refractivity contribution in [2.45, 2.75) is 25.7 Å². The van der Waals surface area contributed by atoms with Crippen LogP contribution < -0.4 is 0 Å². The molecule has 4 nitrogen and oxygen atoms in total. The van der Waals surface area contributed by atoms with Gasteiger partial charge in [0, 0.05) is 5.56 Å². The number of hydrogen-bond donors (Lipinski definition) is 0. The first kappa shape index (κ1) is 15.3. The Bertz CT molecular complexity index is 515. The lowest BCUT2D eigenvalue weighted by atomic mass is 10.0. The molecule has 7 heteroatoms. The topological polar surface area (TPSA) is 63.0 Å². The fourth-order valence-corrected chi connectivity index (χ4v) is 1.74. The van der Waals surface area contributed by atoms with Gasteiger partial charge in [-0.05, 0) is 13.0 Å². The largest absolute Gasteiger partial charge is 0.466 e. The maximum absolute atomic E-state index is 12.6. The second-order valence-corrected chi connectivity index (χ2v) is 3.82. The first-order chi connectivity index (χ1) is 9.03. The van der Waals surface area contributed by atoms with E-state index in [1.807, 2.05) is 0 Å². The number of alkyl halides is 3. The van der Waals surface area contributed by atoms with Crippen LogP contribution in [-0.2, 0) is 21.8 Å². The van der Waals surface area contributed by atoms with Crippen molar-refractivity contribution in [3.63, 3.8) is 0 Å². The number of esters is 1. The van der Waals surface area contributed by atoms with E-state index in [4.69, 9.17) is 21.6 Å². The number of carbonyl (C=O) groups excluding carboxylic acids is 1. The van der Waals surface area contributed by atoms with Crippen molar-refractivity contribution >= 4 is 17.6 Å². The zero-order valence-corrected chi connectivity index (χ0v) is 10.9. The molecular formula is C12H11ClF2N2O2. The summed E-state index contributed by atoms with van der Waals surface area (Å²) in [6.45, 7) is 1.84. The third-order valence-corrected chi connectivity index (χ3v) is 2.58. The summed E-state index contributed by atoms with van der Waals surface area (Å²) >= 11 is 5.63. The number of hydrogen-bond acceptors (Lipinski definition) is 4. The quantitative estimate of drug-likeness (QED) is 0.617. The smallest absolute Gasteiger partial charge is 0.310 e. The van der Waals surface area contributed by atoms with Crippen LogP contribution in [0.5, 0.6) is 0 Å². The van der Waals surface area contributed by atoms with Gasteiger partial charge in [-0.25, -0.2) is 8.78 Å². The Morgan fingerprint density at radius 1 is 1.63 bits per heavy atom. The van der Waals surface area contributed by atoms with Crippen molar-refractivity contribution in [2.75, 3.05) is 6.61 Å². The van der Waals surface area contributed by atoms with Gasteiger partial charge in [0.05, 0.1) is 36.2 Å². The van der Waals surface area contributed by atoms with Gasteiger partial charge in [0.15, 0.2) is 0 Å². The normalized spacial score (nSPS) is 10.3.